The standard InChI is InChI=1S/C21H19Cl2N/c1-15(19-11-6-12-20(22)21(19)23)24-14-16-7-5-10-18(13-16)17-8-3-2-4-9-17/h2-13,15,24H,14H2,1H3. The molecule has 0 saturated heterocycles. The van der Waals surface area contributed by atoms with E-state index in [1.165, 1.54) is 16.7 Å². The topological polar surface area (TPSA) is 12.0 Å². The van der Waals surface area contributed by atoms with E-state index in [4.69, 9.17) is 23.2 Å². The quantitative estimate of drug-likeness (QED) is 0.549. The first kappa shape index (κ1) is 17.0. The smallest absolute Gasteiger partial charge is 0.0639 e. The van der Waals surface area contributed by atoms with E-state index in [1.54, 1.807) is 0 Å². The van der Waals surface area contributed by atoms with Crippen molar-refractivity contribution in [2.24, 2.45) is 0 Å². The molecule has 24 heavy (non-hydrogen) atoms. The fourth-order valence-corrected chi connectivity index (χ4v) is 3.20. The van der Waals surface area contributed by atoms with Crippen LogP contribution in [0, 0.1) is 0 Å². The molecule has 0 radical (unpaired) electrons. The summed E-state index contributed by atoms with van der Waals surface area (Å²) in [7, 11) is 0. The van der Waals surface area contributed by atoms with Gasteiger partial charge in [0.25, 0.3) is 0 Å². The number of hydrogen-bond donors (Lipinski definition) is 1. The van der Waals surface area contributed by atoms with Crippen LogP contribution in [-0.4, -0.2) is 0 Å². The van der Waals surface area contributed by atoms with Gasteiger partial charge < -0.3 is 5.32 Å². The summed E-state index contributed by atoms with van der Waals surface area (Å²) in [6, 6.07) is 24.8. The Balaban J connectivity index is 1.72. The number of halogens is 2. The highest BCUT2D eigenvalue weighted by molar-refractivity contribution is 6.42. The predicted molar refractivity (Wildman–Crippen MR) is 104 cm³/mol. The van der Waals surface area contributed by atoms with Gasteiger partial charge in [-0.1, -0.05) is 83.9 Å². The number of nitrogens with one attached hydrogen (secondary N) is 1. The maximum atomic E-state index is 6.30. The van der Waals surface area contributed by atoms with Crippen LogP contribution in [0.5, 0.6) is 0 Å². The zero-order valence-corrected chi connectivity index (χ0v) is 15.0. The highest BCUT2D eigenvalue weighted by atomic mass is 35.5. The molecule has 1 nitrogen and oxygen atoms in total. The summed E-state index contributed by atoms with van der Waals surface area (Å²) in [5.41, 5.74) is 4.71. The van der Waals surface area contributed by atoms with E-state index < -0.39 is 0 Å². The van der Waals surface area contributed by atoms with E-state index in [1.807, 2.05) is 24.3 Å². The minimum Gasteiger partial charge on any atom is -0.306 e. The summed E-state index contributed by atoms with van der Waals surface area (Å²) < 4.78 is 0. The third-order valence-electron chi connectivity index (χ3n) is 4.09. The number of rotatable bonds is 5. The van der Waals surface area contributed by atoms with Gasteiger partial charge in [-0.25, -0.2) is 0 Å². The molecule has 0 bridgehead atoms. The third-order valence-corrected chi connectivity index (χ3v) is 4.93. The van der Waals surface area contributed by atoms with Crippen molar-refractivity contribution in [2.45, 2.75) is 19.5 Å². The van der Waals surface area contributed by atoms with Crippen molar-refractivity contribution in [3.63, 3.8) is 0 Å². The molecule has 1 unspecified atom stereocenters. The highest BCUT2D eigenvalue weighted by Gasteiger charge is 2.11. The fraction of sp³-hybridized carbons (Fsp3) is 0.143. The van der Waals surface area contributed by atoms with Crippen LogP contribution in [0.1, 0.15) is 24.1 Å². The molecule has 3 heteroatoms. The molecule has 122 valence electrons. The summed E-state index contributed by atoms with van der Waals surface area (Å²) in [5.74, 6) is 0. The lowest BCUT2D eigenvalue weighted by atomic mass is 10.0. The Morgan fingerprint density at radius 2 is 1.54 bits per heavy atom. The second kappa shape index (κ2) is 7.85. The van der Waals surface area contributed by atoms with Crippen molar-refractivity contribution in [2.75, 3.05) is 0 Å². The Kier molecular flexibility index (Phi) is 5.57. The monoisotopic (exact) mass is 355 g/mol. The maximum absolute atomic E-state index is 6.30. The largest absolute Gasteiger partial charge is 0.306 e. The van der Waals surface area contributed by atoms with Crippen LogP contribution >= 0.6 is 23.2 Å². The average Bonchev–Trinajstić information content (AvgIpc) is 2.63. The molecular formula is C21H19Cl2N. The van der Waals surface area contributed by atoms with Crippen molar-refractivity contribution < 1.29 is 0 Å². The molecule has 0 aromatic heterocycles. The Hall–Kier alpha value is -1.80. The van der Waals surface area contributed by atoms with Crippen molar-refractivity contribution in [1.82, 2.24) is 5.32 Å². The van der Waals surface area contributed by atoms with Gasteiger partial charge in [0, 0.05) is 12.6 Å². The van der Waals surface area contributed by atoms with Crippen LogP contribution in [0.2, 0.25) is 10.0 Å². The molecule has 1 atom stereocenters. The van der Waals surface area contributed by atoms with E-state index in [0.717, 1.165) is 12.1 Å². The summed E-state index contributed by atoms with van der Waals surface area (Å²) in [4.78, 5) is 0. The Morgan fingerprint density at radius 1 is 0.833 bits per heavy atom. The highest BCUT2D eigenvalue weighted by Crippen LogP contribution is 2.30. The van der Waals surface area contributed by atoms with Crippen LogP contribution in [0.3, 0.4) is 0 Å². The molecule has 3 rings (SSSR count). The van der Waals surface area contributed by atoms with Crippen molar-refractivity contribution >= 4 is 23.2 Å². The molecule has 3 aromatic rings. The second-order valence-electron chi connectivity index (χ2n) is 5.81. The summed E-state index contributed by atoms with van der Waals surface area (Å²) in [5, 5.41) is 4.73. The van der Waals surface area contributed by atoms with Gasteiger partial charge in [-0.05, 0) is 41.3 Å². The van der Waals surface area contributed by atoms with E-state index in [-0.39, 0.29) is 6.04 Å². The predicted octanol–water partition coefficient (Wildman–Crippen LogP) is 6.51. The number of hydrogen-bond acceptors (Lipinski definition) is 1. The van der Waals surface area contributed by atoms with E-state index in [0.29, 0.717) is 10.0 Å². The lowest BCUT2D eigenvalue weighted by Gasteiger charge is -2.17. The average molecular weight is 356 g/mol. The van der Waals surface area contributed by atoms with Crippen LogP contribution in [0.15, 0.2) is 72.8 Å². The van der Waals surface area contributed by atoms with Gasteiger partial charge in [-0.2, -0.15) is 0 Å². The fourth-order valence-electron chi connectivity index (χ4n) is 2.73. The normalized spacial score (nSPS) is 12.1. The van der Waals surface area contributed by atoms with Gasteiger partial charge in [-0.15, -0.1) is 0 Å². The van der Waals surface area contributed by atoms with Gasteiger partial charge in [-0.3, -0.25) is 0 Å². The van der Waals surface area contributed by atoms with Gasteiger partial charge in [0.1, 0.15) is 0 Å². The van der Waals surface area contributed by atoms with Crippen LogP contribution in [-0.2, 0) is 6.54 Å². The minimum atomic E-state index is 0.122. The lowest BCUT2D eigenvalue weighted by molar-refractivity contribution is 0.575. The van der Waals surface area contributed by atoms with Crippen LogP contribution in [0.4, 0.5) is 0 Å². The zero-order chi connectivity index (χ0) is 16.9. The molecular weight excluding hydrogens is 337 g/mol. The summed E-state index contributed by atoms with van der Waals surface area (Å²) in [6.07, 6.45) is 0. The molecule has 0 aliphatic heterocycles. The lowest BCUT2D eigenvalue weighted by Crippen LogP contribution is -2.18. The molecule has 3 aromatic carbocycles. The first-order valence-electron chi connectivity index (χ1n) is 7.97. The molecule has 0 spiro atoms. The van der Waals surface area contributed by atoms with Gasteiger partial charge >= 0.3 is 0 Å². The van der Waals surface area contributed by atoms with Crippen molar-refractivity contribution in [3.05, 3.63) is 94.0 Å². The maximum Gasteiger partial charge on any atom is 0.0639 e. The molecule has 0 aliphatic carbocycles. The van der Waals surface area contributed by atoms with Gasteiger partial charge in [0.15, 0.2) is 0 Å². The third kappa shape index (κ3) is 3.99. The molecule has 1 N–H and O–H groups in total. The molecule has 0 aliphatic rings. The van der Waals surface area contributed by atoms with Gasteiger partial charge in [0.2, 0.25) is 0 Å². The number of benzene rings is 3. The molecule has 0 saturated carbocycles. The second-order valence-corrected chi connectivity index (χ2v) is 6.60. The van der Waals surface area contributed by atoms with Crippen molar-refractivity contribution in [3.8, 4) is 11.1 Å². The van der Waals surface area contributed by atoms with Gasteiger partial charge in [0.05, 0.1) is 10.0 Å². The molecule has 0 heterocycles. The Bertz CT molecular complexity index is 815. The van der Waals surface area contributed by atoms with E-state index in [9.17, 15) is 0 Å². The molecule has 0 fully saturated rings. The zero-order valence-electron chi connectivity index (χ0n) is 13.5. The first-order chi connectivity index (χ1) is 11.6. The minimum absolute atomic E-state index is 0.122. The van der Waals surface area contributed by atoms with Crippen LogP contribution < -0.4 is 5.32 Å². The van der Waals surface area contributed by atoms with E-state index in [2.05, 4.69) is 60.8 Å². The molecule has 0 amide bonds. The van der Waals surface area contributed by atoms with E-state index >= 15 is 0 Å². The Labute approximate surface area is 153 Å². The summed E-state index contributed by atoms with van der Waals surface area (Å²) >= 11 is 12.4. The Morgan fingerprint density at radius 3 is 2.33 bits per heavy atom. The van der Waals surface area contributed by atoms with Crippen LogP contribution in [0.25, 0.3) is 11.1 Å². The first-order valence-corrected chi connectivity index (χ1v) is 8.72. The van der Waals surface area contributed by atoms with Crippen molar-refractivity contribution in [1.29, 1.82) is 0 Å². The summed E-state index contributed by atoms with van der Waals surface area (Å²) in [6.45, 7) is 2.86. The SMILES string of the molecule is CC(NCc1cccc(-c2ccccc2)c1)c1cccc(Cl)c1Cl.